The number of rotatable bonds is 8. The molecule has 4 unspecified atom stereocenters. The fourth-order valence-corrected chi connectivity index (χ4v) is 5.51. The molecule has 8 nitrogen and oxygen atoms in total. The number of carbonyl (C=O) groups is 3. The van der Waals surface area contributed by atoms with Gasteiger partial charge in [-0.05, 0) is 48.2 Å². The predicted molar refractivity (Wildman–Crippen MR) is 154 cm³/mol. The quantitative estimate of drug-likeness (QED) is 0.338. The lowest BCUT2D eigenvalue weighted by Gasteiger charge is -2.44. The van der Waals surface area contributed by atoms with Crippen molar-refractivity contribution >= 4 is 29.0 Å². The van der Waals surface area contributed by atoms with Crippen molar-refractivity contribution in [3.05, 3.63) is 83.9 Å². The second-order valence-electron chi connectivity index (χ2n) is 10.7. The van der Waals surface area contributed by atoms with Crippen molar-refractivity contribution in [2.45, 2.75) is 44.6 Å². The maximum Gasteiger partial charge on any atom is 0.235 e. The summed E-state index contributed by atoms with van der Waals surface area (Å²) in [6.07, 6.45) is -0.360. The number of nitrogens with one attached hydrogen (secondary N) is 2. The Labute approximate surface area is 234 Å². The number of para-hydroxylation sites is 4. The molecule has 1 aliphatic rings. The molecule has 2 amide bonds. The van der Waals surface area contributed by atoms with Gasteiger partial charge in [-0.25, -0.2) is 0 Å². The summed E-state index contributed by atoms with van der Waals surface area (Å²) in [7, 11) is 2.99. The molecular formula is C32H36N2O6. The van der Waals surface area contributed by atoms with Crippen molar-refractivity contribution in [3.63, 3.8) is 0 Å². The van der Waals surface area contributed by atoms with E-state index in [1.807, 2.05) is 24.3 Å². The summed E-state index contributed by atoms with van der Waals surface area (Å²) in [5, 5.41) is 17.3. The zero-order valence-electron chi connectivity index (χ0n) is 23.4. The topological polar surface area (TPSA) is 114 Å². The van der Waals surface area contributed by atoms with E-state index in [4.69, 9.17) is 9.47 Å². The summed E-state index contributed by atoms with van der Waals surface area (Å²) in [6.45, 7) is 5.61. The van der Waals surface area contributed by atoms with Crippen molar-refractivity contribution in [3.8, 4) is 11.5 Å². The molecule has 3 N–H and O–H groups in total. The molecule has 1 saturated carbocycles. The van der Waals surface area contributed by atoms with Gasteiger partial charge in [0.15, 0.2) is 0 Å². The highest BCUT2D eigenvalue weighted by atomic mass is 16.5. The molecule has 0 spiro atoms. The first kappa shape index (κ1) is 28.8. The number of methoxy groups -OCH3 is 2. The number of ketones is 1. The molecule has 0 saturated heterocycles. The minimum atomic E-state index is -1.72. The zero-order chi connectivity index (χ0) is 29.0. The van der Waals surface area contributed by atoms with Gasteiger partial charge in [0.1, 0.15) is 23.2 Å². The Morgan fingerprint density at radius 1 is 0.850 bits per heavy atom. The van der Waals surface area contributed by atoms with Gasteiger partial charge in [0.25, 0.3) is 0 Å². The third-order valence-corrected chi connectivity index (χ3v) is 7.55. The van der Waals surface area contributed by atoms with Gasteiger partial charge in [0.05, 0.1) is 37.1 Å². The van der Waals surface area contributed by atoms with Crippen LogP contribution in [0, 0.1) is 11.8 Å². The Kier molecular flexibility index (Phi) is 8.59. The fourth-order valence-electron chi connectivity index (χ4n) is 5.51. The second-order valence-corrected chi connectivity index (χ2v) is 10.7. The largest absolute Gasteiger partial charge is 0.495 e. The van der Waals surface area contributed by atoms with Gasteiger partial charge in [0, 0.05) is 12.3 Å². The van der Waals surface area contributed by atoms with Crippen LogP contribution in [0.5, 0.6) is 11.5 Å². The van der Waals surface area contributed by atoms with Crippen molar-refractivity contribution in [1.82, 2.24) is 0 Å². The molecule has 0 aromatic heterocycles. The van der Waals surface area contributed by atoms with Gasteiger partial charge >= 0.3 is 0 Å². The molecule has 1 fully saturated rings. The van der Waals surface area contributed by atoms with E-state index in [1.165, 1.54) is 21.1 Å². The van der Waals surface area contributed by atoms with E-state index in [0.717, 1.165) is 5.56 Å². The normalized spacial score (nSPS) is 22.5. The Balaban J connectivity index is 1.80. The van der Waals surface area contributed by atoms with E-state index < -0.39 is 41.0 Å². The summed E-state index contributed by atoms with van der Waals surface area (Å²) in [5.41, 5.74) is 0.794. The maximum atomic E-state index is 14.0. The first-order chi connectivity index (χ1) is 19.1. The van der Waals surface area contributed by atoms with Crippen molar-refractivity contribution < 1.29 is 29.0 Å². The second kappa shape index (κ2) is 11.9. The van der Waals surface area contributed by atoms with Crippen LogP contribution in [-0.2, 0) is 14.4 Å². The average Bonchev–Trinajstić information content (AvgIpc) is 2.92. The van der Waals surface area contributed by atoms with E-state index in [1.54, 1.807) is 48.5 Å². The van der Waals surface area contributed by atoms with Crippen LogP contribution in [0.3, 0.4) is 0 Å². The summed E-state index contributed by atoms with van der Waals surface area (Å²) in [5.74, 6) is -3.69. The number of amides is 2. The number of ether oxygens (including phenoxy) is 2. The summed E-state index contributed by atoms with van der Waals surface area (Å²) >= 11 is 0. The standard InChI is InChI=1S/C32H36N2O6/c1-19(2)20-14-16-21(17-15-20)27-28(30(36)33-22-10-6-8-12-25(22)39-4)24(35)18-32(3,38)29(27)31(37)34-23-11-7-9-13-26(23)40-5/h6-17,19,27-29,38H,18H2,1-5H3,(H,33,36)(H,34,37). The highest BCUT2D eigenvalue weighted by Crippen LogP contribution is 2.47. The van der Waals surface area contributed by atoms with Gasteiger partial charge in [-0.3, -0.25) is 14.4 Å². The number of benzene rings is 3. The number of aliphatic hydroxyl groups is 1. The molecule has 0 heterocycles. The molecule has 0 aliphatic heterocycles. The van der Waals surface area contributed by atoms with Crippen LogP contribution in [0.25, 0.3) is 0 Å². The molecule has 0 bridgehead atoms. The average molecular weight is 545 g/mol. The minimum Gasteiger partial charge on any atom is -0.495 e. The molecule has 0 radical (unpaired) electrons. The van der Waals surface area contributed by atoms with Gasteiger partial charge in [-0.15, -0.1) is 0 Å². The molecule has 40 heavy (non-hydrogen) atoms. The van der Waals surface area contributed by atoms with Gasteiger partial charge in [-0.1, -0.05) is 62.4 Å². The monoisotopic (exact) mass is 544 g/mol. The molecule has 3 aromatic rings. The van der Waals surface area contributed by atoms with Crippen LogP contribution >= 0.6 is 0 Å². The number of hydrogen-bond donors (Lipinski definition) is 3. The fraction of sp³-hybridized carbons (Fsp3) is 0.344. The first-order valence-electron chi connectivity index (χ1n) is 13.3. The van der Waals surface area contributed by atoms with Gasteiger partial charge in [0.2, 0.25) is 11.8 Å². The minimum absolute atomic E-state index is 0.263. The molecule has 3 aromatic carbocycles. The summed E-state index contributed by atoms with van der Waals surface area (Å²) in [6, 6.07) is 21.4. The van der Waals surface area contributed by atoms with E-state index >= 15 is 0 Å². The Morgan fingerprint density at radius 2 is 1.35 bits per heavy atom. The third-order valence-electron chi connectivity index (χ3n) is 7.55. The number of hydrogen-bond acceptors (Lipinski definition) is 6. The Hall–Kier alpha value is -4.17. The lowest BCUT2D eigenvalue weighted by molar-refractivity contribution is -0.150. The smallest absolute Gasteiger partial charge is 0.235 e. The molecule has 210 valence electrons. The highest BCUT2D eigenvalue weighted by Gasteiger charge is 2.56. The van der Waals surface area contributed by atoms with E-state index in [0.29, 0.717) is 28.4 Å². The van der Waals surface area contributed by atoms with Crippen LogP contribution in [0.1, 0.15) is 50.2 Å². The SMILES string of the molecule is COc1ccccc1NC(=O)C1C(=O)CC(C)(O)C(C(=O)Nc2ccccc2OC)C1c1ccc(C(C)C)cc1. The lowest BCUT2D eigenvalue weighted by Crippen LogP contribution is -2.56. The molecule has 1 aliphatic carbocycles. The zero-order valence-corrected chi connectivity index (χ0v) is 23.4. The van der Waals surface area contributed by atoms with Gasteiger partial charge < -0.3 is 25.2 Å². The van der Waals surface area contributed by atoms with Crippen LogP contribution < -0.4 is 20.1 Å². The Morgan fingerprint density at radius 3 is 1.85 bits per heavy atom. The number of Topliss-reactive ketones (excluding diaryl/α,β-unsaturated/α-hetero) is 1. The lowest BCUT2D eigenvalue weighted by atomic mass is 9.61. The maximum absolute atomic E-state index is 14.0. The van der Waals surface area contributed by atoms with Gasteiger partial charge in [-0.2, -0.15) is 0 Å². The van der Waals surface area contributed by atoms with Crippen molar-refractivity contribution in [2.24, 2.45) is 11.8 Å². The summed E-state index contributed by atoms with van der Waals surface area (Å²) in [4.78, 5) is 41.4. The molecule has 4 atom stereocenters. The highest BCUT2D eigenvalue weighted by molar-refractivity contribution is 6.11. The number of carbonyl (C=O) groups excluding carboxylic acids is 3. The van der Waals surface area contributed by atoms with E-state index in [9.17, 15) is 19.5 Å². The number of anilines is 2. The van der Waals surface area contributed by atoms with Crippen LogP contribution in [0.4, 0.5) is 11.4 Å². The summed E-state index contributed by atoms with van der Waals surface area (Å²) < 4.78 is 10.8. The van der Waals surface area contributed by atoms with E-state index in [-0.39, 0.29) is 12.3 Å². The van der Waals surface area contributed by atoms with Crippen molar-refractivity contribution in [2.75, 3.05) is 24.9 Å². The first-order valence-corrected chi connectivity index (χ1v) is 13.3. The van der Waals surface area contributed by atoms with Crippen molar-refractivity contribution in [1.29, 1.82) is 0 Å². The van der Waals surface area contributed by atoms with Crippen LogP contribution in [-0.4, -0.2) is 42.5 Å². The van der Waals surface area contributed by atoms with E-state index in [2.05, 4.69) is 24.5 Å². The molecule has 8 heteroatoms. The molecule has 4 rings (SSSR count). The Bertz CT molecular complexity index is 1380. The third kappa shape index (κ3) is 5.87. The predicted octanol–water partition coefficient (Wildman–Crippen LogP) is 5.14. The molecular weight excluding hydrogens is 508 g/mol. The van der Waals surface area contributed by atoms with Crippen LogP contribution in [0.15, 0.2) is 72.8 Å². The van der Waals surface area contributed by atoms with Crippen LogP contribution in [0.2, 0.25) is 0 Å².